The van der Waals surface area contributed by atoms with Crippen molar-refractivity contribution in [1.82, 2.24) is 10.6 Å². The molecular weight excluding hydrogens is 334 g/mol. The lowest BCUT2D eigenvalue weighted by molar-refractivity contribution is -0.150. The molecule has 0 bridgehead atoms. The van der Waals surface area contributed by atoms with Crippen LogP contribution in [0.1, 0.15) is 12.8 Å². The molecule has 1 aromatic carbocycles. The summed E-state index contributed by atoms with van der Waals surface area (Å²) in [6, 6.07) is 6.55. The molecule has 3 rings (SSSR count). The molecule has 1 fully saturated rings. The second kappa shape index (κ2) is 6.16. The summed E-state index contributed by atoms with van der Waals surface area (Å²) in [5, 5.41) is 4.23. The fraction of sp³-hybridized carbons (Fsp3) is 0.333. The zero-order chi connectivity index (χ0) is 17.3. The molecule has 2 N–H and O–H groups in total. The van der Waals surface area contributed by atoms with Crippen LogP contribution in [0.25, 0.3) is 0 Å². The molecule has 0 aliphatic carbocycles. The number of rotatable bonds is 3. The molecule has 24 heavy (non-hydrogen) atoms. The fourth-order valence-corrected chi connectivity index (χ4v) is 4.15. The summed E-state index contributed by atoms with van der Waals surface area (Å²) in [6.45, 7) is -0.590. The van der Waals surface area contributed by atoms with Gasteiger partial charge in [-0.3, -0.25) is 19.8 Å². The average Bonchev–Trinajstić information content (AvgIpc) is 3.08. The van der Waals surface area contributed by atoms with E-state index < -0.39 is 29.4 Å². The third-order valence-electron chi connectivity index (χ3n) is 3.81. The van der Waals surface area contributed by atoms with Crippen LogP contribution >= 0.6 is 11.8 Å². The number of ether oxygens (including phenoxy) is 1. The van der Waals surface area contributed by atoms with E-state index in [9.17, 15) is 19.2 Å². The molecule has 126 valence electrons. The Labute approximate surface area is 141 Å². The topological polar surface area (TPSA) is 105 Å². The number of amides is 4. The molecule has 9 heteroatoms. The van der Waals surface area contributed by atoms with Gasteiger partial charge in [0.25, 0.3) is 5.91 Å². The van der Waals surface area contributed by atoms with E-state index in [0.29, 0.717) is 12.1 Å². The lowest BCUT2D eigenvalue weighted by Gasteiger charge is -2.28. The maximum absolute atomic E-state index is 12.6. The number of nitrogens with one attached hydrogen (secondary N) is 2. The number of anilines is 1. The first-order chi connectivity index (χ1) is 11.5. The average molecular weight is 349 g/mol. The van der Waals surface area contributed by atoms with Crippen molar-refractivity contribution in [3.8, 4) is 0 Å². The predicted molar refractivity (Wildman–Crippen MR) is 85.3 cm³/mol. The number of nitrogens with zero attached hydrogens (tertiary/aromatic N) is 1. The van der Waals surface area contributed by atoms with Crippen molar-refractivity contribution < 1.29 is 23.9 Å². The van der Waals surface area contributed by atoms with Crippen LogP contribution in [0.2, 0.25) is 0 Å². The van der Waals surface area contributed by atoms with E-state index in [1.165, 1.54) is 23.7 Å². The van der Waals surface area contributed by atoms with Gasteiger partial charge in [-0.05, 0) is 12.1 Å². The van der Waals surface area contributed by atoms with Crippen LogP contribution in [0.15, 0.2) is 29.2 Å². The third kappa shape index (κ3) is 2.60. The first kappa shape index (κ1) is 16.3. The van der Waals surface area contributed by atoms with Crippen LogP contribution in [0.3, 0.4) is 0 Å². The molecule has 8 nitrogen and oxygen atoms in total. The molecule has 1 aromatic rings. The van der Waals surface area contributed by atoms with Gasteiger partial charge in [0, 0.05) is 24.8 Å². The minimum atomic E-state index is -1.17. The van der Waals surface area contributed by atoms with Gasteiger partial charge in [0.15, 0.2) is 11.5 Å². The lowest BCUT2D eigenvalue weighted by atomic mass is 10.2. The lowest BCUT2D eigenvalue weighted by Crippen LogP contribution is -2.49. The van der Waals surface area contributed by atoms with Gasteiger partial charge in [0.05, 0.1) is 5.69 Å². The number of hydrogen-bond donors (Lipinski definition) is 2. The molecule has 2 aliphatic rings. The predicted octanol–water partition coefficient (Wildman–Crippen LogP) is 0.614. The van der Waals surface area contributed by atoms with E-state index >= 15 is 0 Å². The Kier molecular flexibility index (Phi) is 4.18. The zero-order valence-electron chi connectivity index (χ0n) is 12.8. The van der Waals surface area contributed by atoms with Crippen LogP contribution in [-0.4, -0.2) is 42.3 Å². The molecule has 0 spiro atoms. The van der Waals surface area contributed by atoms with Gasteiger partial charge >= 0.3 is 12.0 Å². The first-order valence-corrected chi connectivity index (χ1v) is 8.09. The summed E-state index contributed by atoms with van der Waals surface area (Å²) in [7, 11) is 1.36. The molecular formula is C15H15N3O5S. The van der Waals surface area contributed by atoms with Crippen molar-refractivity contribution in [3.05, 3.63) is 24.3 Å². The number of carbonyl (C=O) groups is 4. The number of esters is 1. The van der Waals surface area contributed by atoms with Crippen molar-refractivity contribution in [2.24, 2.45) is 0 Å². The molecule has 2 heterocycles. The smallest absolute Gasteiger partial charge is 0.344 e. The van der Waals surface area contributed by atoms with E-state index in [-0.39, 0.29) is 12.3 Å². The Hall–Kier alpha value is -2.55. The summed E-state index contributed by atoms with van der Waals surface area (Å²) in [5.41, 5.74) is 0.678. The minimum Gasteiger partial charge on any atom is -0.453 e. The van der Waals surface area contributed by atoms with E-state index in [4.69, 9.17) is 4.74 Å². The first-order valence-electron chi connectivity index (χ1n) is 7.28. The highest BCUT2D eigenvalue weighted by atomic mass is 32.2. The van der Waals surface area contributed by atoms with Gasteiger partial charge in [-0.2, -0.15) is 0 Å². The van der Waals surface area contributed by atoms with E-state index in [0.717, 1.165) is 4.90 Å². The van der Waals surface area contributed by atoms with Gasteiger partial charge < -0.3 is 10.1 Å². The number of benzene rings is 1. The standard InChI is InChI=1S/C15H15N3O5S/c1-16-14(22)17-11(19)8-23-13(21)15-7-6-12(20)18(15)9-4-2-3-5-10(9)24-15/h2-5H,6-8H2,1H3,(H2,16,17,19,22)/t15-/m0/s1. The Morgan fingerprint density at radius 2 is 2.08 bits per heavy atom. The molecule has 1 saturated heterocycles. The molecule has 0 aromatic heterocycles. The number of para-hydroxylation sites is 1. The number of thioether (sulfide) groups is 1. The molecule has 0 unspecified atom stereocenters. The summed E-state index contributed by atoms with van der Waals surface area (Å²) in [5.74, 6) is -1.56. The zero-order valence-corrected chi connectivity index (χ0v) is 13.6. The number of carbonyl (C=O) groups excluding carboxylic acids is 4. The normalized spacial score (nSPS) is 21.0. The van der Waals surface area contributed by atoms with Crippen molar-refractivity contribution in [2.45, 2.75) is 22.6 Å². The van der Waals surface area contributed by atoms with Gasteiger partial charge in [-0.25, -0.2) is 9.59 Å². The molecule has 1 atom stereocenters. The van der Waals surface area contributed by atoms with Crippen LogP contribution in [0.4, 0.5) is 10.5 Å². The second-order valence-electron chi connectivity index (χ2n) is 5.29. The number of fused-ring (bicyclic) bond motifs is 3. The van der Waals surface area contributed by atoms with Gasteiger partial charge in [0.1, 0.15) is 0 Å². The van der Waals surface area contributed by atoms with Gasteiger partial charge in [0.2, 0.25) is 5.91 Å². The highest BCUT2D eigenvalue weighted by molar-refractivity contribution is 8.02. The number of hydrogen-bond acceptors (Lipinski definition) is 6. The summed E-state index contributed by atoms with van der Waals surface area (Å²) < 4.78 is 5.07. The third-order valence-corrected chi connectivity index (χ3v) is 5.26. The Morgan fingerprint density at radius 3 is 2.83 bits per heavy atom. The summed E-state index contributed by atoms with van der Waals surface area (Å²) in [6.07, 6.45) is 0.544. The van der Waals surface area contributed by atoms with Crippen molar-refractivity contribution in [3.63, 3.8) is 0 Å². The highest BCUT2D eigenvalue weighted by Gasteiger charge is 2.58. The van der Waals surface area contributed by atoms with Crippen LogP contribution in [-0.2, 0) is 19.1 Å². The molecule has 4 amide bonds. The van der Waals surface area contributed by atoms with E-state index in [1.54, 1.807) is 12.1 Å². The number of imide groups is 1. The molecule has 0 saturated carbocycles. The second-order valence-corrected chi connectivity index (χ2v) is 6.61. The fourth-order valence-electron chi connectivity index (χ4n) is 2.74. The summed E-state index contributed by atoms with van der Waals surface area (Å²) >= 11 is 1.26. The van der Waals surface area contributed by atoms with Crippen LogP contribution in [0, 0.1) is 0 Å². The quantitative estimate of drug-likeness (QED) is 0.775. The highest BCUT2D eigenvalue weighted by Crippen LogP contribution is 2.56. The van der Waals surface area contributed by atoms with Crippen LogP contribution in [0.5, 0.6) is 0 Å². The minimum absolute atomic E-state index is 0.154. The molecule has 2 aliphatic heterocycles. The Balaban J connectivity index is 1.74. The Bertz CT molecular complexity index is 738. The number of urea groups is 1. The largest absolute Gasteiger partial charge is 0.453 e. The maximum atomic E-state index is 12.6. The van der Waals surface area contributed by atoms with E-state index in [1.807, 2.05) is 17.4 Å². The van der Waals surface area contributed by atoms with Crippen molar-refractivity contribution in [1.29, 1.82) is 0 Å². The Morgan fingerprint density at radius 1 is 1.33 bits per heavy atom. The van der Waals surface area contributed by atoms with Gasteiger partial charge in [-0.15, -0.1) is 0 Å². The van der Waals surface area contributed by atoms with Crippen molar-refractivity contribution >= 4 is 41.3 Å². The van der Waals surface area contributed by atoms with Crippen LogP contribution < -0.4 is 15.5 Å². The van der Waals surface area contributed by atoms with Crippen molar-refractivity contribution in [2.75, 3.05) is 18.6 Å². The summed E-state index contributed by atoms with van der Waals surface area (Å²) in [4.78, 5) is 48.5. The van der Waals surface area contributed by atoms with E-state index in [2.05, 4.69) is 5.32 Å². The molecule has 0 radical (unpaired) electrons. The SMILES string of the molecule is CNC(=O)NC(=O)COC(=O)[C@@]12CCC(=O)N1c1ccccc1S2. The monoisotopic (exact) mass is 349 g/mol. The maximum Gasteiger partial charge on any atom is 0.344 e. The van der Waals surface area contributed by atoms with Gasteiger partial charge in [-0.1, -0.05) is 23.9 Å².